The summed E-state index contributed by atoms with van der Waals surface area (Å²) >= 11 is 0. The number of phosphoric acid groups is 1. The molecular weight excluding hydrogens is 1010 g/mol. The molecule has 0 spiro atoms. The summed E-state index contributed by atoms with van der Waals surface area (Å²) in [5.74, 6) is -0.183. The largest absolute Gasteiger partial charge is 0.472 e. The van der Waals surface area contributed by atoms with Crippen molar-refractivity contribution in [2.24, 2.45) is 0 Å². The van der Waals surface area contributed by atoms with Gasteiger partial charge in [-0.2, -0.15) is 0 Å². The highest BCUT2D eigenvalue weighted by atomic mass is 31.2. The Hall–Kier alpha value is -1.28. The summed E-state index contributed by atoms with van der Waals surface area (Å²) in [6, 6.07) is -0.869. The second-order valence-electron chi connectivity index (χ2n) is 25.6. The molecule has 3 unspecified atom stereocenters. The van der Waals surface area contributed by atoms with Gasteiger partial charge in [0.05, 0.1) is 39.9 Å². The van der Waals surface area contributed by atoms with Crippen molar-refractivity contribution in [3.05, 3.63) is 36.5 Å². The predicted octanol–water partition coefficient (Wildman–Crippen LogP) is 22.4. The van der Waals surface area contributed by atoms with Gasteiger partial charge in [0.25, 0.3) is 0 Å². The highest BCUT2D eigenvalue weighted by Crippen LogP contribution is 2.43. The van der Waals surface area contributed by atoms with Gasteiger partial charge >= 0.3 is 7.82 Å². The van der Waals surface area contributed by atoms with E-state index < -0.39 is 20.0 Å². The predicted molar refractivity (Wildman–Crippen MR) is 351 cm³/mol. The van der Waals surface area contributed by atoms with Crippen LogP contribution >= 0.6 is 7.82 Å². The number of hydrogen-bond donors (Lipinski definition) is 3. The van der Waals surface area contributed by atoms with Gasteiger partial charge in [-0.15, -0.1) is 0 Å². The van der Waals surface area contributed by atoms with Crippen LogP contribution in [0.3, 0.4) is 0 Å². The average molecular weight is 1150 g/mol. The minimum absolute atomic E-state index is 0.0554. The third kappa shape index (κ3) is 64.3. The number of hydrogen-bond acceptors (Lipinski definition) is 5. The molecular formula is C71H140N2O6P+. The topological polar surface area (TPSA) is 105 Å². The molecule has 0 saturated heterocycles. The first-order valence-electron chi connectivity index (χ1n) is 35.4. The van der Waals surface area contributed by atoms with E-state index in [0.29, 0.717) is 17.4 Å². The molecule has 0 saturated carbocycles. The van der Waals surface area contributed by atoms with Gasteiger partial charge in [-0.1, -0.05) is 346 Å². The SMILES string of the molecule is CCCCCCCCCCCCCC/C=C/CC/C=C/CC/C=C/C(O)C(COP(=O)(O)OCC[N+](C)(C)C)NC(=O)CCCCCCCCCCCCCCCCCCCCCCCCCCCCCCCCCCCCCC. The number of nitrogens with one attached hydrogen (secondary N) is 1. The number of nitrogens with zero attached hydrogens (tertiary/aromatic N) is 1. The van der Waals surface area contributed by atoms with E-state index in [1.54, 1.807) is 6.08 Å². The molecule has 0 fully saturated rings. The van der Waals surface area contributed by atoms with Crippen LogP contribution in [0.2, 0.25) is 0 Å². The normalized spacial score (nSPS) is 13.8. The Kier molecular flexibility index (Phi) is 61.3. The first-order chi connectivity index (χ1) is 39.0. The van der Waals surface area contributed by atoms with Gasteiger partial charge in [0.2, 0.25) is 5.91 Å². The fraction of sp³-hybridized carbons (Fsp3) is 0.901. The van der Waals surface area contributed by atoms with E-state index in [9.17, 15) is 19.4 Å². The van der Waals surface area contributed by atoms with E-state index in [0.717, 1.165) is 44.9 Å². The number of carbonyl (C=O) groups is 1. The van der Waals surface area contributed by atoms with E-state index in [1.807, 2.05) is 27.2 Å². The van der Waals surface area contributed by atoms with Crippen LogP contribution in [-0.2, 0) is 18.4 Å². The number of amides is 1. The van der Waals surface area contributed by atoms with Crippen molar-refractivity contribution < 1.29 is 32.9 Å². The maximum absolute atomic E-state index is 13.0. The Morgan fingerprint density at radius 1 is 0.412 bits per heavy atom. The summed E-state index contributed by atoms with van der Waals surface area (Å²) in [5.41, 5.74) is 0. The summed E-state index contributed by atoms with van der Waals surface area (Å²) in [6.07, 6.45) is 83.2. The summed E-state index contributed by atoms with van der Waals surface area (Å²) < 4.78 is 23.8. The summed E-state index contributed by atoms with van der Waals surface area (Å²) in [4.78, 5) is 23.4. The van der Waals surface area contributed by atoms with Crippen LogP contribution < -0.4 is 5.32 Å². The van der Waals surface area contributed by atoms with Crippen molar-refractivity contribution in [1.82, 2.24) is 5.32 Å². The Labute approximate surface area is 499 Å². The van der Waals surface area contributed by atoms with Gasteiger partial charge in [0.1, 0.15) is 13.2 Å². The molecule has 0 rings (SSSR count). The molecule has 80 heavy (non-hydrogen) atoms. The molecule has 0 aliphatic heterocycles. The Balaban J connectivity index is 4.00. The maximum atomic E-state index is 13.0. The number of phosphoric ester groups is 1. The van der Waals surface area contributed by atoms with Crippen molar-refractivity contribution in [3.8, 4) is 0 Å². The van der Waals surface area contributed by atoms with Crippen molar-refractivity contribution in [2.45, 2.75) is 373 Å². The van der Waals surface area contributed by atoms with Crippen LogP contribution in [-0.4, -0.2) is 73.4 Å². The number of likely N-dealkylation sites (N-methyl/N-ethyl adjacent to an activating group) is 1. The van der Waals surface area contributed by atoms with Gasteiger partial charge < -0.3 is 19.8 Å². The molecule has 0 aliphatic rings. The fourth-order valence-corrected chi connectivity index (χ4v) is 11.6. The lowest BCUT2D eigenvalue weighted by Crippen LogP contribution is -2.45. The number of allylic oxidation sites excluding steroid dienone is 5. The lowest BCUT2D eigenvalue weighted by molar-refractivity contribution is -0.870. The number of aliphatic hydroxyl groups excluding tert-OH is 1. The molecule has 1 amide bonds. The van der Waals surface area contributed by atoms with Crippen molar-refractivity contribution in [2.75, 3.05) is 40.9 Å². The van der Waals surface area contributed by atoms with Crippen LogP contribution in [0.5, 0.6) is 0 Å². The van der Waals surface area contributed by atoms with Crippen LogP contribution in [0.15, 0.2) is 36.5 Å². The summed E-state index contributed by atoms with van der Waals surface area (Å²) in [6.45, 7) is 4.84. The standard InChI is InChI=1S/C71H139N2O6P/c1-6-8-10-12-14-16-18-20-22-24-26-28-30-31-32-33-34-35-36-37-38-39-40-41-42-43-45-47-49-51-53-55-57-59-61-63-65-71(75)72-69(68-79-80(76,77)78-67-66-73(3,4)5)70(74)64-62-60-58-56-54-52-50-48-46-44-29-27-25-23-21-19-17-15-13-11-9-7-2/h46,48,54,56,62,64,69-70,74H,6-45,47,49-53,55,57-61,63,65-68H2,1-5H3,(H-,72,75,76,77)/p+1/b48-46+,56-54+,64-62+. The molecule has 0 radical (unpaired) electrons. The highest BCUT2D eigenvalue weighted by molar-refractivity contribution is 7.47. The zero-order chi connectivity index (χ0) is 58.4. The number of unbranched alkanes of at least 4 members (excludes halogenated alkanes) is 49. The quantitative estimate of drug-likeness (QED) is 0.0243. The van der Waals surface area contributed by atoms with Gasteiger partial charge in [-0.25, -0.2) is 4.57 Å². The number of carbonyl (C=O) groups excluding carboxylic acids is 1. The smallest absolute Gasteiger partial charge is 0.387 e. The Morgan fingerprint density at radius 3 is 1.00 bits per heavy atom. The molecule has 8 nitrogen and oxygen atoms in total. The summed E-state index contributed by atoms with van der Waals surface area (Å²) in [5, 5.41) is 14.0. The minimum Gasteiger partial charge on any atom is -0.387 e. The summed E-state index contributed by atoms with van der Waals surface area (Å²) in [7, 11) is 1.56. The lowest BCUT2D eigenvalue weighted by atomic mass is 10.0. The molecule has 0 heterocycles. The monoisotopic (exact) mass is 1150 g/mol. The van der Waals surface area contributed by atoms with Crippen LogP contribution in [0.25, 0.3) is 0 Å². The van der Waals surface area contributed by atoms with Gasteiger partial charge in [0.15, 0.2) is 0 Å². The number of aliphatic hydroxyl groups is 1. The molecule has 9 heteroatoms. The molecule has 3 N–H and O–H groups in total. The molecule has 0 aromatic rings. The zero-order valence-corrected chi connectivity index (χ0v) is 55.2. The average Bonchev–Trinajstić information content (AvgIpc) is 3.42. The number of quaternary nitrogens is 1. The molecule has 0 aromatic heterocycles. The van der Waals surface area contributed by atoms with Crippen LogP contribution in [0.1, 0.15) is 361 Å². The fourth-order valence-electron chi connectivity index (χ4n) is 10.8. The second kappa shape index (κ2) is 62.3. The first kappa shape index (κ1) is 78.7. The van der Waals surface area contributed by atoms with Crippen molar-refractivity contribution >= 4 is 13.7 Å². The Morgan fingerprint density at radius 2 is 0.688 bits per heavy atom. The molecule has 474 valence electrons. The first-order valence-corrected chi connectivity index (χ1v) is 36.9. The van der Waals surface area contributed by atoms with Gasteiger partial charge in [-0.3, -0.25) is 13.8 Å². The third-order valence-corrected chi connectivity index (χ3v) is 17.3. The van der Waals surface area contributed by atoms with Crippen LogP contribution in [0, 0.1) is 0 Å². The van der Waals surface area contributed by atoms with E-state index in [1.165, 1.54) is 295 Å². The highest BCUT2D eigenvalue weighted by Gasteiger charge is 2.28. The van der Waals surface area contributed by atoms with Gasteiger partial charge in [0, 0.05) is 6.42 Å². The van der Waals surface area contributed by atoms with Crippen molar-refractivity contribution in [1.29, 1.82) is 0 Å². The second-order valence-corrected chi connectivity index (χ2v) is 27.1. The maximum Gasteiger partial charge on any atom is 0.472 e. The van der Waals surface area contributed by atoms with E-state index in [4.69, 9.17) is 9.05 Å². The van der Waals surface area contributed by atoms with E-state index in [2.05, 4.69) is 43.5 Å². The number of rotatable bonds is 66. The van der Waals surface area contributed by atoms with E-state index in [-0.39, 0.29) is 19.1 Å². The lowest BCUT2D eigenvalue weighted by Gasteiger charge is -2.25. The third-order valence-electron chi connectivity index (χ3n) is 16.3. The molecule has 0 aromatic carbocycles. The van der Waals surface area contributed by atoms with Crippen LogP contribution in [0.4, 0.5) is 0 Å². The molecule has 0 aliphatic carbocycles. The van der Waals surface area contributed by atoms with E-state index >= 15 is 0 Å². The van der Waals surface area contributed by atoms with Crippen molar-refractivity contribution in [3.63, 3.8) is 0 Å². The molecule has 0 bridgehead atoms. The molecule has 3 atom stereocenters. The minimum atomic E-state index is -4.36. The zero-order valence-electron chi connectivity index (χ0n) is 54.3. The van der Waals surface area contributed by atoms with Gasteiger partial charge in [-0.05, 0) is 44.9 Å². The Bertz CT molecular complexity index is 1400.